The number of amides is 1. The first-order valence-electron chi connectivity index (χ1n) is 7.29. The summed E-state index contributed by atoms with van der Waals surface area (Å²) in [6, 6.07) is 13.9. The van der Waals surface area contributed by atoms with Crippen LogP contribution >= 0.6 is 0 Å². The maximum atomic E-state index is 11.1. The minimum Gasteiger partial charge on any atom is -0.372 e. The van der Waals surface area contributed by atoms with Crippen LogP contribution in [0.3, 0.4) is 0 Å². The lowest BCUT2D eigenvalue weighted by atomic mass is 10.0. The van der Waals surface area contributed by atoms with E-state index >= 15 is 0 Å². The number of rotatable bonds is 5. The number of anilines is 1. The summed E-state index contributed by atoms with van der Waals surface area (Å²) in [5.41, 5.74) is 7.09. The molecule has 0 aliphatic rings. The van der Waals surface area contributed by atoms with Gasteiger partial charge in [-0.1, -0.05) is 18.2 Å². The van der Waals surface area contributed by atoms with Crippen LogP contribution in [-0.4, -0.2) is 19.0 Å². The summed E-state index contributed by atoms with van der Waals surface area (Å²) in [6.07, 6.45) is 1.51. The van der Waals surface area contributed by atoms with Gasteiger partial charge in [-0.05, 0) is 54.5 Å². The summed E-state index contributed by atoms with van der Waals surface area (Å²) < 4.78 is 0. The van der Waals surface area contributed by atoms with Crippen molar-refractivity contribution in [2.24, 2.45) is 5.73 Å². The second-order valence-corrected chi connectivity index (χ2v) is 5.00. The molecule has 112 valence electrons. The number of hydrogen-bond acceptors (Lipinski definition) is 3. The quantitative estimate of drug-likeness (QED) is 0.680. The highest BCUT2D eigenvalue weighted by atomic mass is 16.1. The van der Waals surface area contributed by atoms with Crippen molar-refractivity contribution in [1.82, 2.24) is 0 Å². The molecule has 2 aromatic rings. The molecule has 0 radical (unpaired) electrons. The van der Waals surface area contributed by atoms with E-state index in [0.717, 1.165) is 29.4 Å². The van der Waals surface area contributed by atoms with Crippen molar-refractivity contribution in [2.45, 2.75) is 13.8 Å². The lowest BCUT2D eigenvalue weighted by Crippen LogP contribution is -2.21. The van der Waals surface area contributed by atoms with E-state index in [1.54, 1.807) is 0 Å². The van der Waals surface area contributed by atoms with Crippen molar-refractivity contribution in [3.63, 3.8) is 0 Å². The van der Waals surface area contributed by atoms with Crippen LogP contribution in [0.2, 0.25) is 0 Å². The van der Waals surface area contributed by atoms with Crippen molar-refractivity contribution < 1.29 is 4.79 Å². The number of benzene rings is 2. The van der Waals surface area contributed by atoms with E-state index in [1.165, 1.54) is 11.8 Å². The summed E-state index contributed by atoms with van der Waals surface area (Å²) in [5, 5.41) is 11.1. The molecule has 4 heteroatoms. The SMILES string of the molecule is CCN(CC)c1ccc2cc(/C=C(\C#N)C(N)=O)ccc2c1. The highest BCUT2D eigenvalue weighted by molar-refractivity contribution is 6.01. The molecule has 0 spiro atoms. The molecule has 0 saturated heterocycles. The van der Waals surface area contributed by atoms with Crippen molar-refractivity contribution in [2.75, 3.05) is 18.0 Å². The summed E-state index contributed by atoms with van der Waals surface area (Å²) in [7, 11) is 0. The minimum atomic E-state index is -0.709. The largest absolute Gasteiger partial charge is 0.372 e. The van der Waals surface area contributed by atoms with Crippen LogP contribution in [0.15, 0.2) is 42.0 Å². The molecule has 2 aromatic carbocycles. The third kappa shape index (κ3) is 3.26. The maximum Gasteiger partial charge on any atom is 0.259 e. The monoisotopic (exact) mass is 293 g/mol. The average molecular weight is 293 g/mol. The van der Waals surface area contributed by atoms with Gasteiger partial charge in [0.2, 0.25) is 0 Å². The van der Waals surface area contributed by atoms with Gasteiger partial charge in [0, 0.05) is 18.8 Å². The number of primary amides is 1. The average Bonchev–Trinajstić information content (AvgIpc) is 2.53. The molecule has 22 heavy (non-hydrogen) atoms. The van der Waals surface area contributed by atoms with Gasteiger partial charge < -0.3 is 10.6 Å². The zero-order valence-corrected chi connectivity index (χ0v) is 12.8. The second kappa shape index (κ2) is 6.77. The number of hydrogen-bond donors (Lipinski definition) is 1. The van der Waals surface area contributed by atoms with E-state index < -0.39 is 5.91 Å². The molecule has 2 rings (SSSR count). The van der Waals surface area contributed by atoms with Gasteiger partial charge in [-0.15, -0.1) is 0 Å². The van der Waals surface area contributed by atoms with Crippen LogP contribution in [0, 0.1) is 11.3 Å². The molecule has 0 aliphatic heterocycles. The normalized spacial score (nSPS) is 11.2. The topological polar surface area (TPSA) is 70.1 Å². The Balaban J connectivity index is 2.43. The van der Waals surface area contributed by atoms with E-state index in [2.05, 4.69) is 36.9 Å². The molecule has 0 bridgehead atoms. The van der Waals surface area contributed by atoms with Crippen molar-refractivity contribution in [3.05, 3.63) is 47.5 Å². The Labute approximate surface area is 130 Å². The zero-order chi connectivity index (χ0) is 16.1. The van der Waals surface area contributed by atoms with E-state index in [0.29, 0.717) is 0 Å². The fourth-order valence-electron chi connectivity index (χ4n) is 2.45. The standard InChI is InChI=1S/C18H19N3O/c1-3-21(4-2)17-8-7-14-9-13(5-6-15(14)11-17)10-16(12-19)18(20)22/h5-11H,3-4H2,1-2H3,(H2,20,22)/b16-10+. The molecule has 0 saturated carbocycles. The van der Waals surface area contributed by atoms with Crippen molar-refractivity contribution in [1.29, 1.82) is 5.26 Å². The smallest absolute Gasteiger partial charge is 0.259 e. The Morgan fingerprint density at radius 1 is 1.18 bits per heavy atom. The Morgan fingerprint density at radius 3 is 2.41 bits per heavy atom. The molecular formula is C18H19N3O. The third-order valence-corrected chi connectivity index (χ3v) is 3.67. The first-order valence-corrected chi connectivity index (χ1v) is 7.29. The maximum absolute atomic E-state index is 11.1. The fraction of sp³-hybridized carbons (Fsp3) is 0.222. The van der Waals surface area contributed by atoms with E-state index in [1.807, 2.05) is 24.3 Å². The first-order chi connectivity index (χ1) is 10.6. The molecule has 0 unspecified atom stereocenters. The van der Waals surface area contributed by atoms with Crippen LogP contribution < -0.4 is 10.6 Å². The number of carbonyl (C=O) groups is 1. The van der Waals surface area contributed by atoms with Gasteiger partial charge in [-0.25, -0.2) is 0 Å². The van der Waals surface area contributed by atoms with Gasteiger partial charge in [-0.2, -0.15) is 5.26 Å². The summed E-state index contributed by atoms with van der Waals surface area (Å²) in [5.74, 6) is -0.709. The third-order valence-electron chi connectivity index (χ3n) is 3.67. The van der Waals surface area contributed by atoms with Gasteiger partial charge in [-0.3, -0.25) is 4.79 Å². The predicted molar refractivity (Wildman–Crippen MR) is 90.3 cm³/mol. The summed E-state index contributed by atoms with van der Waals surface area (Å²) >= 11 is 0. The molecule has 1 amide bonds. The number of fused-ring (bicyclic) bond motifs is 1. The lowest BCUT2D eigenvalue weighted by molar-refractivity contribution is -0.114. The van der Waals surface area contributed by atoms with E-state index in [4.69, 9.17) is 11.0 Å². The number of carbonyl (C=O) groups excluding carboxylic acids is 1. The highest BCUT2D eigenvalue weighted by Gasteiger charge is 2.05. The fourth-order valence-corrected chi connectivity index (χ4v) is 2.45. The molecule has 2 N–H and O–H groups in total. The molecule has 0 fully saturated rings. The van der Waals surface area contributed by atoms with Crippen molar-refractivity contribution in [3.8, 4) is 6.07 Å². The highest BCUT2D eigenvalue weighted by Crippen LogP contribution is 2.24. The number of nitrogens with two attached hydrogens (primary N) is 1. The zero-order valence-electron chi connectivity index (χ0n) is 12.8. The lowest BCUT2D eigenvalue weighted by Gasteiger charge is -2.21. The van der Waals surface area contributed by atoms with Crippen LogP contribution in [0.5, 0.6) is 0 Å². The predicted octanol–water partition coefficient (Wildman–Crippen LogP) is 3.08. The van der Waals surface area contributed by atoms with Crippen LogP contribution in [0.1, 0.15) is 19.4 Å². The van der Waals surface area contributed by atoms with Crippen LogP contribution in [-0.2, 0) is 4.79 Å². The molecular weight excluding hydrogens is 274 g/mol. The van der Waals surface area contributed by atoms with Gasteiger partial charge in [0.15, 0.2) is 0 Å². The van der Waals surface area contributed by atoms with E-state index in [9.17, 15) is 4.79 Å². The van der Waals surface area contributed by atoms with Crippen LogP contribution in [0.4, 0.5) is 5.69 Å². The molecule has 0 aromatic heterocycles. The Morgan fingerprint density at radius 2 is 1.82 bits per heavy atom. The first kappa shape index (κ1) is 15.6. The van der Waals surface area contributed by atoms with Gasteiger partial charge in [0.25, 0.3) is 5.91 Å². The number of nitriles is 1. The minimum absolute atomic E-state index is 0.0425. The molecule has 0 atom stereocenters. The molecule has 0 aliphatic carbocycles. The Hall–Kier alpha value is -2.80. The van der Waals surface area contributed by atoms with Gasteiger partial charge >= 0.3 is 0 Å². The van der Waals surface area contributed by atoms with Gasteiger partial charge in [0.1, 0.15) is 11.6 Å². The summed E-state index contributed by atoms with van der Waals surface area (Å²) in [4.78, 5) is 13.4. The molecule has 0 heterocycles. The summed E-state index contributed by atoms with van der Waals surface area (Å²) in [6.45, 7) is 6.20. The second-order valence-electron chi connectivity index (χ2n) is 5.00. The Bertz CT molecular complexity index is 767. The Kier molecular flexibility index (Phi) is 4.80. The van der Waals surface area contributed by atoms with Crippen molar-refractivity contribution >= 4 is 28.4 Å². The molecule has 4 nitrogen and oxygen atoms in total. The number of nitrogens with zero attached hydrogens (tertiary/aromatic N) is 2. The van der Waals surface area contributed by atoms with Crippen LogP contribution in [0.25, 0.3) is 16.8 Å². The van der Waals surface area contributed by atoms with E-state index in [-0.39, 0.29) is 5.57 Å². The van der Waals surface area contributed by atoms with Gasteiger partial charge in [0.05, 0.1) is 0 Å².